The number of carbonyl (C=O) groups is 2. The summed E-state index contributed by atoms with van der Waals surface area (Å²) in [6.07, 6.45) is -1.00. The minimum atomic E-state index is -0.996. The van der Waals surface area contributed by atoms with Crippen molar-refractivity contribution >= 4 is 11.7 Å². The van der Waals surface area contributed by atoms with E-state index >= 15 is 0 Å². The van der Waals surface area contributed by atoms with Gasteiger partial charge >= 0.3 is 0 Å². The third-order valence-corrected chi connectivity index (χ3v) is 1.70. The molecule has 6 heteroatoms. The maximum atomic E-state index is 11.7. The van der Waals surface area contributed by atoms with Gasteiger partial charge in [0.15, 0.2) is 0 Å². The van der Waals surface area contributed by atoms with Gasteiger partial charge in [-0.25, -0.2) is 4.39 Å². The summed E-state index contributed by atoms with van der Waals surface area (Å²) in [6.45, 7) is 0.370. The molecule has 0 aliphatic heterocycles. The van der Waals surface area contributed by atoms with Gasteiger partial charge in [-0.1, -0.05) is 0 Å². The fraction of sp³-hybridized carbons (Fsp3) is 0.750. The molecule has 14 heavy (non-hydrogen) atoms. The Morgan fingerprint density at radius 3 is 2.43 bits per heavy atom. The van der Waals surface area contributed by atoms with Crippen LogP contribution in [-0.2, 0) is 14.3 Å². The Hall–Kier alpha value is -1.01. The van der Waals surface area contributed by atoms with Crippen molar-refractivity contribution in [2.75, 3.05) is 13.3 Å². The standard InChI is InChI=1S/C8H15FN2O3/c1-5(12)6(10)4-7(8(11)13)14-3-2-9/h6-7H,2-4,10H2,1H3,(H2,11,13)/t6?,7-/m0/s1/i9-1. The molecule has 0 aromatic rings. The van der Waals surface area contributed by atoms with Crippen LogP contribution >= 0.6 is 0 Å². The van der Waals surface area contributed by atoms with Crippen molar-refractivity contribution in [1.29, 1.82) is 0 Å². The van der Waals surface area contributed by atoms with E-state index < -0.39 is 24.7 Å². The van der Waals surface area contributed by atoms with Gasteiger partial charge in [-0.2, -0.15) is 0 Å². The summed E-state index contributed by atoms with van der Waals surface area (Å²) >= 11 is 0. The molecule has 0 saturated carbocycles. The van der Waals surface area contributed by atoms with Crippen molar-refractivity contribution in [2.24, 2.45) is 11.5 Å². The topological polar surface area (TPSA) is 95.4 Å². The maximum Gasteiger partial charge on any atom is 0.246 e. The van der Waals surface area contributed by atoms with Gasteiger partial charge in [0.05, 0.1) is 12.6 Å². The quantitative estimate of drug-likeness (QED) is 0.565. The summed E-state index contributed by atoms with van der Waals surface area (Å²) in [6, 6.07) is -0.799. The molecule has 0 radical (unpaired) electrons. The van der Waals surface area contributed by atoms with E-state index in [1.54, 1.807) is 0 Å². The molecule has 1 amide bonds. The lowest BCUT2D eigenvalue weighted by Crippen LogP contribution is -2.40. The molecule has 2 atom stereocenters. The van der Waals surface area contributed by atoms with Crippen LogP contribution in [0.1, 0.15) is 13.3 Å². The van der Waals surface area contributed by atoms with E-state index in [-0.39, 0.29) is 18.8 Å². The molecule has 0 aliphatic carbocycles. The summed E-state index contributed by atoms with van der Waals surface area (Å²) in [5.74, 6) is -1.00. The van der Waals surface area contributed by atoms with Crippen molar-refractivity contribution in [3.05, 3.63) is 0 Å². The fourth-order valence-corrected chi connectivity index (χ4v) is 0.850. The fourth-order valence-electron chi connectivity index (χ4n) is 0.850. The van der Waals surface area contributed by atoms with E-state index in [9.17, 15) is 14.0 Å². The molecule has 0 saturated heterocycles. The van der Waals surface area contributed by atoms with E-state index in [4.69, 9.17) is 16.2 Å². The molecule has 0 aromatic heterocycles. The van der Waals surface area contributed by atoms with Crippen LogP contribution in [-0.4, -0.2) is 37.1 Å². The lowest BCUT2D eigenvalue weighted by Gasteiger charge is -2.16. The summed E-state index contributed by atoms with van der Waals surface area (Å²) in [5, 5.41) is 0. The smallest absolute Gasteiger partial charge is 0.246 e. The average Bonchev–Trinajstić information content (AvgIpc) is 2.10. The summed E-state index contributed by atoms with van der Waals surface area (Å²) in [5.41, 5.74) is 10.4. The number of carbonyl (C=O) groups excluding carboxylic acids is 2. The number of Topliss-reactive ketones (excluding diaryl/α,β-unsaturated/α-hetero) is 1. The van der Waals surface area contributed by atoms with Gasteiger partial charge in [0.1, 0.15) is 18.6 Å². The Labute approximate surface area is 81.6 Å². The number of hydrogen-bond acceptors (Lipinski definition) is 4. The van der Waals surface area contributed by atoms with Crippen molar-refractivity contribution < 1.29 is 18.7 Å². The highest BCUT2D eigenvalue weighted by molar-refractivity contribution is 5.83. The molecule has 5 nitrogen and oxygen atoms in total. The monoisotopic (exact) mass is 205 g/mol. The van der Waals surface area contributed by atoms with E-state index in [0.717, 1.165) is 0 Å². The van der Waals surface area contributed by atoms with Gasteiger partial charge in [-0.3, -0.25) is 9.59 Å². The third kappa shape index (κ3) is 4.88. The zero-order valence-electron chi connectivity index (χ0n) is 8.03. The number of alkyl halides is 1. The second-order valence-corrected chi connectivity index (χ2v) is 2.90. The first-order chi connectivity index (χ1) is 6.49. The van der Waals surface area contributed by atoms with Crippen molar-refractivity contribution in [2.45, 2.75) is 25.5 Å². The first-order valence-corrected chi connectivity index (χ1v) is 4.22. The number of amides is 1. The van der Waals surface area contributed by atoms with Gasteiger partial charge in [-0.05, 0) is 6.92 Å². The van der Waals surface area contributed by atoms with Crippen LogP contribution < -0.4 is 11.5 Å². The lowest BCUT2D eigenvalue weighted by atomic mass is 10.1. The van der Waals surface area contributed by atoms with Gasteiger partial charge in [-0.15, -0.1) is 0 Å². The first kappa shape index (κ1) is 13.0. The minimum Gasteiger partial charge on any atom is -0.367 e. The van der Waals surface area contributed by atoms with Gasteiger partial charge in [0.2, 0.25) is 5.91 Å². The number of hydrogen-bond donors (Lipinski definition) is 2. The summed E-state index contributed by atoms with van der Waals surface area (Å²) in [7, 11) is 0. The lowest BCUT2D eigenvalue weighted by molar-refractivity contribution is -0.131. The highest BCUT2D eigenvalue weighted by atomic mass is 18.2. The molecule has 82 valence electrons. The normalized spacial score (nSPS) is 14.8. The van der Waals surface area contributed by atoms with E-state index in [0.29, 0.717) is 0 Å². The average molecular weight is 205 g/mol. The number of ether oxygens (including phenoxy) is 1. The SMILES string of the molecule is CC(=O)C(N)C[C@H](OCC[18F])C(N)=O. The van der Waals surface area contributed by atoms with Crippen LogP contribution in [0, 0.1) is 0 Å². The molecule has 0 bridgehead atoms. The molecule has 0 spiro atoms. The Balaban J connectivity index is 4.08. The van der Waals surface area contributed by atoms with E-state index in [1.807, 2.05) is 0 Å². The first-order valence-electron chi connectivity index (χ1n) is 4.22. The van der Waals surface area contributed by atoms with Crippen LogP contribution in [0.5, 0.6) is 0 Å². The molecule has 4 N–H and O–H groups in total. The Morgan fingerprint density at radius 2 is 2.07 bits per heavy atom. The van der Waals surface area contributed by atoms with Crippen LogP contribution in [0.15, 0.2) is 0 Å². The minimum absolute atomic E-state index is 0.00926. The van der Waals surface area contributed by atoms with Crippen molar-refractivity contribution in [1.82, 2.24) is 0 Å². The highest BCUT2D eigenvalue weighted by Gasteiger charge is 2.21. The molecular formula is C8H15FN2O3. The third-order valence-electron chi connectivity index (χ3n) is 1.70. The molecule has 0 heterocycles. The second kappa shape index (κ2) is 6.44. The number of nitrogens with two attached hydrogens (primary N) is 2. The second-order valence-electron chi connectivity index (χ2n) is 2.90. The molecule has 1 unspecified atom stereocenters. The van der Waals surface area contributed by atoms with Gasteiger partial charge < -0.3 is 16.2 Å². The molecular weight excluding hydrogens is 190 g/mol. The Bertz CT molecular complexity index is 211. The number of halogens is 1. The molecule has 0 aliphatic rings. The van der Waals surface area contributed by atoms with E-state index in [1.165, 1.54) is 6.92 Å². The summed E-state index contributed by atoms with van der Waals surface area (Å²) < 4.78 is 16.5. The predicted molar refractivity (Wildman–Crippen MR) is 48.2 cm³/mol. The molecule has 0 aromatic carbocycles. The number of primary amides is 1. The van der Waals surface area contributed by atoms with Crippen molar-refractivity contribution in [3.63, 3.8) is 0 Å². The van der Waals surface area contributed by atoms with Crippen LogP contribution in [0.25, 0.3) is 0 Å². The predicted octanol–water partition coefficient (Wildman–Crippen LogP) is -0.867. The van der Waals surface area contributed by atoms with Gasteiger partial charge in [0, 0.05) is 6.42 Å². The maximum absolute atomic E-state index is 11.7. The van der Waals surface area contributed by atoms with Crippen LogP contribution in [0.2, 0.25) is 0 Å². The summed E-state index contributed by atoms with van der Waals surface area (Å²) in [4.78, 5) is 21.5. The molecule has 0 fully saturated rings. The van der Waals surface area contributed by atoms with E-state index in [2.05, 4.69) is 0 Å². The highest BCUT2D eigenvalue weighted by Crippen LogP contribution is 2.02. The largest absolute Gasteiger partial charge is 0.367 e. The van der Waals surface area contributed by atoms with Crippen LogP contribution in [0.3, 0.4) is 0 Å². The van der Waals surface area contributed by atoms with Crippen LogP contribution in [0.4, 0.5) is 4.39 Å². The Morgan fingerprint density at radius 1 is 1.50 bits per heavy atom. The zero-order valence-corrected chi connectivity index (χ0v) is 8.03. The van der Waals surface area contributed by atoms with Crippen molar-refractivity contribution in [3.8, 4) is 0 Å². The zero-order chi connectivity index (χ0) is 11.1. The Kier molecular flexibility index (Phi) is 5.98. The number of ketones is 1. The number of rotatable bonds is 7. The van der Waals surface area contributed by atoms with Gasteiger partial charge in [0.25, 0.3) is 0 Å². The molecule has 0 rings (SSSR count).